The van der Waals surface area contributed by atoms with Gasteiger partial charge in [-0.1, -0.05) is 29.3 Å². The van der Waals surface area contributed by atoms with E-state index in [0.29, 0.717) is 23.7 Å². The average molecular weight is 662 g/mol. The minimum Gasteiger partial charge on any atom is -0.489 e. The first-order valence-electron chi connectivity index (χ1n) is 12.7. The fourth-order valence-corrected chi connectivity index (χ4v) is 5.80. The molecule has 8 nitrogen and oxygen atoms in total. The Labute approximate surface area is 257 Å². The summed E-state index contributed by atoms with van der Waals surface area (Å²) in [6, 6.07) is 10.9. The number of hydrogen-bond donors (Lipinski definition) is 0. The van der Waals surface area contributed by atoms with Gasteiger partial charge in [0.15, 0.2) is 11.5 Å². The van der Waals surface area contributed by atoms with Crippen molar-refractivity contribution in [3.63, 3.8) is 0 Å². The van der Waals surface area contributed by atoms with Crippen LogP contribution in [-0.2, 0) is 26.0 Å². The summed E-state index contributed by atoms with van der Waals surface area (Å²) in [5, 5.41) is 0.441. The second-order valence-corrected chi connectivity index (χ2v) is 13.2. The van der Waals surface area contributed by atoms with E-state index < -0.39 is 35.3 Å². The highest BCUT2D eigenvalue weighted by Crippen LogP contribution is 2.38. The fourth-order valence-electron chi connectivity index (χ4n) is 4.03. The third kappa shape index (κ3) is 8.85. The molecular weight excluding hydrogens is 633 g/mol. The van der Waals surface area contributed by atoms with Crippen molar-refractivity contribution in [3.05, 3.63) is 76.0 Å². The molecule has 42 heavy (non-hydrogen) atoms. The summed E-state index contributed by atoms with van der Waals surface area (Å²) >= 11 is 14.2. The van der Waals surface area contributed by atoms with E-state index in [-0.39, 0.29) is 33.7 Å². The zero-order valence-corrected chi connectivity index (χ0v) is 25.8. The molecule has 1 atom stereocenters. The predicted molar refractivity (Wildman–Crippen MR) is 158 cm³/mol. The fraction of sp³-hybridized carbons (Fsp3) is 0.357. The second kappa shape index (κ2) is 14.1. The quantitative estimate of drug-likeness (QED) is 0.138. The molecule has 0 radical (unpaired) electrons. The van der Waals surface area contributed by atoms with Gasteiger partial charge < -0.3 is 14.2 Å². The average Bonchev–Trinajstić information content (AvgIpc) is 3.76. The van der Waals surface area contributed by atoms with Crippen molar-refractivity contribution < 1.29 is 36.2 Å². The number of sulfonamides is 1. The maximum Gasteiger partial charge on any atom is 0.387 e. The molecule has 1 heterocycles. The molecule has 226 valence electrons. The number of halogens is 4. The standard InChI is InChI=1S/C28H28Cl2F2N2O6S2/c1-41-20-8-6-19(7-9-20)34(42(2,36)37)15-27(35)39-25(12-21-22(29)13-33-14-23(21)30)18-5-10-24(40-28(31)32)26(11-18)38-16-17-3-4-17/h5-11,13-14,17,25,28H,3-4,12,15-16H2,1-2H3/t25-/m0/s1. The van der Waals surface area contributed by atoms with Gasteiger partial charge in [-0.15, -0.1) is 11.8 Å². The number of carbonyl (C=O) groups excluding carboxylic acids is 1. The molecular formula is C28H28Cl2F2N2O6S2. The summed E-state index contributed by atoms with van der Waals surface area (Å²) in [4.78, 5) is 18.2. The van der Waals surface area contributed by atoms with Crippen molar-refractivity contribution in [2.24, 2.45) is 5.92 Å². The first-order valence-corrected chi connectivity index (χ1v) is 16.6. The van der Waals surface area contributed by atoms with Crippen molar-refractivity contribution in [2.75, 3.05) is 30.0 Å². The monoisotopic (exact) mass is 660 g/mol. The molecule has 0 N–H and O–H groups in total. The van der Waals surface area contributed by atoms with Gasteiger partial charge >= 0.3 is 12.6 Å². The van der Waals surface area contributed by atoms with Crippen molar-refractivity contribution in [1.82, 2.24) is 4.98 Å². The summed E-state index contributed by atoms with van der Waals surface area (Å²) in [6.45, 7) is -3.38. The van der Waals surface area contributed by atoms with E-state index in [1.807, 2.05) is 6.26 Å². The van der Waals surface area contributed by atoms with Crippen LogP contribution in [0.4, 0.5) is 14.5 Å². The van der Waals surface area contributed by atoms with E-state index in [0.717, 1.165) is 28.3 Å². The Morgan fingerprint density at radius 2 is 1.76 bits per heavy atom. The molecule has 0 aliphatic heterocycles. The van der Waals surface area contributed by atoms with E-state index in [1.54, 1.807) is 24.3 Å². The van der Waals surface area contributed by atoms with Crippen molar-refractivity contribution in [3.8, 4) is 11.5 Å². The molecule has 1 aliphatic rings. The number of anilines is 1. The minimum absolute atomic E-state index is 0.0235. The van der Waals surface area contributed by atoms with Crippen LogP contribution in [0.25, 0.3) is 0 Å². The van der Waals surface area contributed by atoms with Gasteiger partial charge in [0.2, 0.25) is 10.0 Å². The third-order valence-electron chi connectivity index (χ3n) is 6.38. The molecule has 1 aliphatic carbocycles. The predicted octanol–water partition coefficient (Wildman–Crippen LogP) is 6.79. The largest absolute Gasteiger partial charge is 0.489 e. The molecule has 2 aromatic carbocycles. The van der Waals surface area contributed by atoms with Crippen molar-refractivity contribution >= 4 is 56.6 Å². The molecule has 0 unspecified atom stereocenters. The number of ether oxygens (including phenoxy) is 3. The number of alkyl halides is 2. The van der Waals surface area contributed by atoms with E-state index in [4.69, 9.17) is 32.7 Å². The van der Waals surface area contributed by atoms with Gasteiger partial charge in [-0.2, -0.15) is 8.78 Å². The number of nitrogens with zero attached hydrogens (tertiary/aromatic N) is 2. The maximum absolute atomic E-state index is 13.3. The summed E-state index contributed by atoms with van der Waals surface area (Å²) in [5.74, 6) is -0.659. The normalized spacial score (nSPS) is 14.0. The van der Waals surface area contributed by atoms with Crippen LogP contribution in [-0.4, -0.2) is 51.6 Å². The van der Waals surface area contributed by atoms with Crippen LogP contribution in [0.5, 0.6) is 11.5 Å². The number of benzene rings is 2. The topological polar surface area (TPSA) is 95.0 Å². The molecule has 0 amide bonds. The molecule has 4 rings (SSSR count). The van der Waals surface area contributed by atoms with E-state index in [1.165, 1.54) is 42.4 Å². The molecule has 1 aromatic heterocycles. The summed E-state index contributed by atoms with van der Waals surface area (Å²) < 4.78 is 68.6. The minimum atomic E-state index is -3.87. The second-order valence-electron chi connectivity index (χ2n) is 9.57. The van der Waals surface area contributed by atoms with E-state index >= 15 is 0 Å². The smallest absolute Gasteiger partial charge is 0.387 e. The maximum atomic E-state index is 13.3. The van der Waals surface area contributed by atoms with Gasteiger partial charge in [-0.25, -0.2) is 8.42 Å². The Hall–Kier alpha value is -2.80. The Bertz CT molecular complexity index is 1490. The van der Waals surface area contributed by atoms with Crippen LogP contribution < -0.4 is 13.8 Å². The number of rotatable bonds is 14. The Morgan fingerprint density at radius 3 is 2.33 bits per heavy atom. The lowest BCUT2D eigenvalue weighted by atomic mass is 10.0. The highest BCUT2D eigenvalue weighted by molar-refractivity contribution is 7.98. The number of pyridine rings is 1. The van der Waals surface area contributed by atoms with Crippen LogP contribution >= 0.6 is 35.0 Å². The molecule has 0 saturated heterocycles. The number of hydrogen-bond acceptors (Lipinski definition) is 8. The summed E-state index contributed by atoms with van der Waals surface area (Å²) in [5.41, 5.74) is 1.08. The number of carbonyl (C=O) groups is 1. The highest BCUT2D eigenvalue weighted by atomic mass is 35.5. The van der Waals surface area contributed by atoms with Crippen LogP contribution in [0.1, 0.15) is 30.1 Å². The van der Waals surface area contributed by atoms with Gasteiger partial charge in [-0.05, 0) is 72.5 Å². The lowest BCUT2D eigenvalue weighted by molar-refractivity contribution is -0.147. The number of thioether (sulfide) groups is 1. The lowest BCUT2D eigenvalue weighted by Gasteiger charge is -2.25. The van der Waals surface area contributed by atoms with Crippen LogP contribution in [0.2, 0.25) is 10.0 Å². The van der Waals surface area contributed by atoms with Crippen LogP contribution in [0.3, 0.4) is 0 Å². The van der Waals surface area contributed by atoms with E-state index in [9.17, 15) is 22.0 Å². The Balaban J connectivity index is 1.65. The molecule has 1 fully saturated rings. The highest BCUT2D eigenvalue weighted by Gasteiger charge is 2.28. The molecule has 14 heteroatoms. The zero-order valence-electron chi connectivity index (χ0n) is 22.6. The zero-order chi connectivity index (χ0) is 30.4. The van der Waals surface area contributed by atoms with Gasteiger partial charge in [0, 0.05) is 23.7 Å². The van der Waals surface area contributed by atoms with Crippen LogP contribution in [0, 0.1) is 5.92 Å². The van der Waals surface area contributed by atoms with Crippen molar-refractivity contribution in [2.45, 2.75) is 36.9 Å². The Morgan fingerprint density at radius 1 is 1.10 bits per heavy atom. The van der Waals surface area contributed by atoms with Gasteiger partial charge in [0.05, 0.1) is 28.6 Å². The first-order chi connectivity index (χ1) is 19.9. The number of esters is 1. The molecule has 0 spiro atoms. The Kier molecular flexibility index (Phi) is 10.8. The van der Waals surface area contributed by atoms with E-state index in [2.05, 4.69) is 9.72 Å². The SMILES string of the molecule is CSc1ccc(N(CC(=O)O[C@@H](Cc2c(Cl)cncc2Cl)c2ccc(OC(F)F)c(OCC3CC3)c2)S(C)(=O)=O)cc1. The molecule has 0 bridgehead atoms. The van der Waals surface area contributed by atoms with Gasteiger partial charge in [0.25, 0.3) is 0 Å². The third-order valence-corrected chi connectivity index (χ3v) is 8.91. The summed E-state index contributed by atoms with van der Waals surface area (Å²) in [6.07, 6.45) is 6.51. The van der Waals surface area contributed by atoms with Gasteiger partial charge in [-0.3, -0.25) is 14.1 Å². The van der Waals surface area contributed by atoms with Crippen molar-refractivity contribution in [1.29, 1.82) is 0 Å². The summed E-state index contributed by atoms with van der Waals surface area (Å²) in [7, 11) is -3.87. The molecule has 3 aromatic rings. The first kappa shape index (κ1) is 32.1. The molecule has 1 saturated carbocycles. The lowest BCUT2D eigenvalue weighted by Crippen LogP contribution is -2.36. The van der Waals surface area contributed by atoms with Gasteiger partial charge in [0.1, 0.15) is 12.6 Å². The van der Waals surface area contributed by atoms with Crippen LogP contribution in [0.15, 0.2) is 59.8 Å². The number of aromatic nitrogens is 1.